The number of fused-ring (bicyclic) bond motifs is 1. The Bertz CT molecular complexity index is 393. The van der Waals surface area contributed by atoms with E-state index in [1.54, 1.807) is 12.1 Å². The Balaban J connectivity index is 2.58. The van der Waals surface area contributed by atoms with E-state index < -0.39 is 11.9 Å². The van der Waals surface area contributed by atoms with Gasteiger partial charge in [-0.05, 0) is 24.1 Å². The Hall–Kier alpha value is -1.64. The molecular formula is C10H8O3. The van der Waals surface area contributed by atoms with E-state index in [9.17, 15) is 9.59 Å². The van der Waals surface area contributed by atoms with Gasteiger partial charge in [0.25, 0.3) is 0 Å². The third-order valence-corrected chi connectivity index (χ3v) is 2.12. The van der Waals surface area contributed by atoms with E-state index in [2.05, 4.69) is 4.74 Å². The molecule has 3 heteroatoms. The van der Waals surface area contributed by atoms with Gasteiger partial charge in [-0.25, -0.2) is 9.59 Å². The maximum atomic E-state index is 11.1. The smallest absolute Gasteiger partial charge is 0.346 e. The van der Waals surface area contributed by atoms with Gasteiger partial charge in [0.1, 0.15) is 0 Å². The van der Waals surface area contributed by atoms with Gasteiger partial charge in [-0.3, -0.25) is 0 Å². The normalized spacial score (nSPS) is 14.2. The first-order chi connectivity index (χ1) is 6.22. The number of cyclic esters (lactones) is 2. The largest absolute Gasteiger partial charge is 0.386 e. The minimum Gasteiger partial charge on any atom is -0.386 e. The number of carbonyl (C=O) groups excluding carboxylic acids is 2. The molecule has 0 spiro atoms. The van der Waals surface area contributed by atoms with E-state index in [1.807, 2.05) is 13.0 Å². The van der Waals surface area contributed by atoms with E-state index in [4.69, 9.17) is 0 Å². The molecule has 0 aliphatic carbocycles. The number of ether oxygens (including phenoxy) is 1. The van der Waals surface area contributed by atoms with Crippen LogP contribution < -0.4 is 0 Å². The van der Waals surface area contributed by atoms with Gasteiger partial charge >= 0.3 is 11.9 Å². The average Bonchev–Trinajstić information content (AvgIpc) is 2.42. The summed E-state index contributed by atoms with van der Waals surface area (Å²) < 4.78 is 4.45. The number of esters is 2. The van der Waals surface area contributed by atoms with Gasteiger partial charge in [-0.2, -0.15) is 0 Å². The van der Waals surface area contributed by atoms with Crippen molar-refractivity contribution in [1.29, 1.82) is 0 Å². The second-order valence-corrected chi connectivity index (χ2v) is 2.91. The summed E-state index contributed by atoms with van der Waals surface area (Å²) in [7, 11) is 0. The summed E-state index contributed by atoms with van der Waals surface area (Å²) in [4.78, 5) is 22.1. The van der Waals surface area contributed by atoms with Crippen LogP contribution in [-0.2, 0) is 11.2 Å². The minimum atomic E-state index is -0.539. The van der Waals surface area contributed by atoms with Crippen molar-refractivity contribution in [2.75, 3.05) is 0 Å². The minimum absolute atomic E-state index is 0.377. The van der Waals surface area contributed by atoms with Crippen LogP contribution in [0.4, 0.5) is 0 Å². The van der Waals surface area contributed by atoms with Crippen LogP contribution in [0.2, 0.25) is 0 Å². The summed E-state index contributed by atoms with van der Waals surface area (Å²) in [5.41, 5.74) is 1.80. The first-order valence-electron chi connectivity index (χ1n) is 4.12. The predicted molar refractivity (Wildman–Crippen MR) is 45.6 cm³/mol. The van der Waals surface area contributed by atoms with E-state index in [0.29, 0.717) is 11.1 Å². The second kappa shape index (κ2) is 2.69. The van der Waals surface area contributed by atoms with Gasteiger partial charge in [0.15, 0.2) is 0 Å². The molecule has 0 bridgehead atoms. The monoisotopic (exact) mass is 176 g/mol. The van der Waals surface area contributed by atoms with Crippen LogP contribution in [-0.4, -0.2) is 11.9 Å². The average molecular weight is 176 g/mol. The van der Waals surface area contributed by atoms with Gasteiger partial charge in [0.2, 0.25) is 0 Å². The van der Waals surface area contributed by atoms with Crippen LogP contribution in [0.1, 0.15) is 33.2 Å². The highest BCUT2D eigenvalue weighted by Crippen LogP contribution is 2.21. The van der Waals surface area contributed by atoms with Gasteiger partial charge in [-0.15, -0.1) is 0 Å². The number of rotatable bonds is 1. The quantitative estimate of drug-likeness (QED) is 0.481. The number of benzene rings is 1. The summed E-state index contributed by atoms with van der Waals surface area (Å²) in [6, 6.07) is 5.18. The first kappa shape index (κ1) is 7.98. The van der Waals surface area contributed by atoms with Crippen LogP contribution in [0.3, 0.4) is 0 Å². The highest BCUT2D eigenvalue weighted by molar-refractivity contribution is 6.14. The SMILES string of the molecule is CCc1ccc2c(c1)C(=O)OC2=O. The molecule has 1 aliphatic rings. The zero-order valence-electron chi connectivity index (χ0n) is 7.16. The van der Waals surface area contributed by atoms with Crippen molar-refractivity contribution >= 4 is 11.9 Å². The lowest BCUT2D eigenvalue weighted by Gasteiger charge is -1.96. The highest BCUT2D eigenvalue weighted by atomic mass is 16.6. The van der Waals surface area contributed by atoms with Crippen molar-refractivity contribution in [3.05, 3.63) is 34.9 Å². The summed E-state index contributed by atoms with van der Waals surface area (Å²) in [5, 5.41) is 0. The maximum Gasteiger partial charge on any atom is 0.346 e. The molecule has 2 rings (SSSR count). The Morgan fingerprint density at radius 2 is 1.85 bits per heavy atom. The molecule has 1 aromatic rings. The molecule has 0 N–H and O–H groups in total. The molecule has 13 heavy (non-hydrogen) atoms. The van der Waals surface area contributed by atoms with E-state index in [1.165, 1.54) is 0 Å². The number of carbonyl (C=O) groups is 2. The molecule has 0 fully saturated rings. The van der Waals surface area contributed by atoms with Crippen molar-refractivity contribution in [3.63, 3.8) is 0 Å². The van der Waals surface area contributed by atoms with E-state index in [0.717, 1.165) is 12.0 Å². The van der Waals surface area contributed by atoms with Crippen LogP contribution in [0.15, 0.2) is 18.2 Å². The molecule has 0 radical (unpaired) electrons. The Morgan fingerprint density at radius 3 is 2.54 bits per heavy atom. The zero-order valence-corrected chi connectivity index (χ0v) is 7.16. The fourth-order valence-corrected chi connectivity index (χ4v) is 1.35. The molecule has 1 heterocycles. The van der Waals surface area contributed by atoms with Crippen LogP contribution in [0.5, 0.6) is 0 Å². The van der Waals surface area contributed by atoms with Crippen molar-refractivity contribution < 1.29 is 14.3 Å². The molecule has 1 aliphatic heterocycles. The molecule has 0 amide bonds. The maximum absolute atomic E-state index is 11.1. The van der Waals surface area contributed by atoms with Crippen LogP contribution in [0, 0.1) is 0 Å². The third-order valence-electron chi connectivity index (χ3n) is 2.12. The van der Waals surface area contributed by atoms with E-state index in [-0.39, 0.29) is 0 Å². The van der Waals surface area contributed by atoms with E-state index >= 15 is 0 Å². The van der Waals surface area contributed by atoms with Gasteiger partial charge < -0.3 is 4.74 Å². The molecule has 0 atom stereocenters. The van der Waals surface area contributed by atoms with Gasteiger partial charge in [-0.1, -0.05) is 13.0 Å². The molecule has 0 unspecified atom stereocenters. The number of hydrogen-bond acceptors (Lipinski definition) is 3. The second-order valence-electron chi connectivity index (χ2n) is 2.91. The van der Waals surface area contributed by atoms with Gasteiger partial charge in [0.05, 0.1) is 11.1 Å². The Labute approximate surface area is 75.3 Å². The Kier molecular flexibility index (Phi) is 1.65. The highest BCUT2D eigenvalue weighted by Gasteiger charge is 2.29. The topological polar surface area (TPSA) is 43.4 Å². The predicted octanol–water partition coefficient (Wildman–Crippen LogP) is 1.56. The summed E-state index contributed by atoms with van der Waals surface area (Å²) in [6.45, 7) is 1.99. The van der Waals surface area contributed by atoms with Crippen molar-refractivity contribution in [2.45, 2.75) is 13.3 Å². The standard InChI is InChI=1S/C10H8O3/c1-2-6-3-4-7-8(5-6)10(12)13-9(7)11/h3-5H,2H2,1H3. The summed E-state index contributed by atoms with van der Waals surface area (Å²) in [5.74, 6) is -1.07. The fourth-order valence-electron chi connectivity index (χ4n) is 1.35. The Morgan fingerprint density at radius 1 is 1.15 bits per heavy atom. The van der Waals surface area contributed by atoms with Crippen LogP contribution >= 0.6 is 0 Å². The molecule has 66 valence electrons. The molecular weight excluding hydrogens is 168 g/mol. The molecule has 3 nitrogen and oxygen atoms in total. The van der Waals surface area contributed by atoms with Crippen molar-refractivity contribution in [1.82, 2.24) is 0 Å². The number of aryl methyl sites for hydroxylation is 1. The first-order valence-corrected chi connectivity index (χ1v) is 4.12. The zero-order chi connectivity index (χ0) is 9.42. The summed E-state index contributed by atoms with van der Waals surface area (Å²) >= 11 is 0. The van der Waals surface area contributed by atoms with Gasteiger partial charge in [0, 0.05) is 0 Å². The lowest BCUT2D eigenvalue weighted by atomic mass is 10.0. The lowest BCUT2D eigenvalue weighted by Crippen LogP contribution is -1.96. The molecule has 0 aromatic heterocycles. The van der Waals surface area contributed by atoms with Crippen molar-refractivity contribution in [2.24, 2.45) is 0 Å². The molecule has 0 saturated heterocycles. The third kappa shape index (κ3) is 1.13. The molecule has 1 aromatic carbocycles. The lowest BCUT2D eigenvalue weighted by molar-refractivity contribution is 0.0444. The van der Waals surface area contributed by atoms with Crippen LogP contribution in [0.25, 0.3) is 0 Å². The number of hydrogen-bond donors (Lipinski definition) is 0. The van der Waals surface area contributed by atoms with Crippen molar-refractivity contribution in [3.8, 4) is 0 Å². The molecule has 0 saturated carbocycles. The fraction of sp³-hybridized carbons (Fsp3) is 0.200. The summed E-state index contributed by atoms with van der Waals surface area (Å²) in [6.07, 6.45) is 0.842.